The smallest absolute Gasteiger partial charge is 0.382 e. The van der Waals surface area contributed by atoms with Crippen molar-refractivity contribution >= 4 is 17.3 Å². The van der Waals surface area contributed by atoms with E-state index in [9.17, 15) is 13.2 Å². The van der Waals surface area contributed by atoms with Gasteiger partial charge in [-0.05, 0) is 13.3 Å². The van der Waals surface area contributed by atoms with Crippen LogP contribution in [0.3, 0.4) is 0 Å². The lowest BCUT2D eigenvalue weighted by atomic mass is 10.4. The van der Waals surface area contributed by atoms with Crippen molar-refractivity contribution in [2.24, 2.45) is 4.99 Å². The summed E-state index contributed by atoms with van der Waals surface area (Å²) in [6.07, 6.45) is -3.57. The second kappa shape index (κ2) is 8.83. The van der Waals surface area contributed by atoms with Gasteiger partial charge in [0.25, 0.3) is 0 Å². The number of alkyl halides is 3. The van der Waals surface area contributed by atoms with Gasteiger partial charge in [0.15, 0.2) is 11.7 Å². The first-order chi connectivity index (χ1) is 9.97. The van der Waals surface area contributed by atoms with Crippen LogP contribution in [0.1, 0.15) is 24.0 Å². The molecule has 1 heterocycles. The molecule has 5 nitrogen and oxygen atoms in total. The fraction of sp³-hybridized carbons (Fsp3) is 0.667. The lowest BCUT2D eigenvalue weighted by Crippen LogP contribution is -2.37. The Morgan fingerprint density at radius 1 is 1.43 bits per heavy atom. The molecule has 0 radical (unpaired) electrons. The highest BCUT2D eigenvalue weighted by Crippen LogP contribution is 2.29. The predicted molar refractivity (Wildman–Crippen MR) is 76.4 cm³/mol. The van der Waals surface area contributed by atoms with Gasteiger partial charge in [0.2, 0.25) is 0 Å². The summed E-state index contributed by atoms with van der Waals surface area (Å²) in [6, 6.07) is 0. The van der Waals surface area contributed by atoms with E-state index in [1.165, 1.54) is 0 Å². The minimum absolute atomic E-state index is 0.200. The Hall–Kier alpha value is -1.35. The Morgan fingerprint density at radius 2 is 2.19 bits per heavy atom. The molecule has 9 heteroatoms. The summed E-state index contributed by atoms with van der Waals surface area (Å²) in [6.45, 7) is 4.13. The van der Waals surface area contributed by atoms with Gasteiger partial charge in [-0.15, -0.1) is 11.3 Å². The molecule has 0 unspecified atom stereocenters. The van der Waals surface area contributed by atoms with Crippen LogP contribution in [0.5, 0.6) is 0 Å². The molecule has 21 heavy (non-hydrogen) atoms. The summed E-state index contributed by atoms with van der Waals surface area (Å²) in [7, 11) is 1.60. The highest BCUT2D eigenvalue weighted by molar-refractivity contribution is 7.09. The molecule has 0 aliphatic carbocycles. The molecule has 0 fully saturated rings. The molecule has 2 N–H and O–H groups in total. The summed E-state index contributed by atoms with van der Waals surface area (Å²) in [5.41, 5.74) is -0.857. The van der Waals surface area contributed by atoms with E-state index in [0.29, 0.717) is 30.7 Å². The Morgan fingerprint density at radius 3 is 2.76 bits per heavy atom. The van der Waals surface area contributed by atoms with E-state index in [1.54, 1.807) is 7.05 Å². The maximum Gasteiger partial charge on any atom is 0.434 e. The normalized spacial score (nSPS) is 12.5. The number of thiazole rings is 1. The molecule has 0 bridgehead atoms. The molecule has 0 spiro atoms. The predicted octanol–water partition coefficient (Wildman–Crippen LogP) is 2.25. The van der Waals surface area contributed by atoms with E-state index in [1.807, 2.05) is 6.92 Å². The topological polar surface area (TPSA) is 58.5 Å². The summed E-state index contributed by atoms with van der Waals surface area (Å²) in [4.78, 5) is 7.52. The zero-order valence-corrected chi connectivity index (χ0v) is 12.8. The fourth-order valence-corrected chi connectivity index (χ4v) is 2.17. The van der Waals surface area contributed by atoms with Crippen LogP contribution in [-0.4, -0.2) is 37.7 Å². The molecule has 0 amide bonds. The number of ether oxygens (including phenoxy) is 1. The molecule has 0 aliphatic rings. The number of aromatic nitrogens is 1. The van der Waals surface area contributed by atoms with E-state index >= 15 is 0 Å². The first kappa shape index (κ1) is 17.7. The van der Waals surface area contributed by atoms with E-state index in [4.69, 9.17) is 4.74 Å². The maximum atomic E-state index is 12.4. The van der Waals surface area contributed by atoms with Crippen LogP contribution >= 0.6 is 11.3 Å². The van der Waals surface area contributed by atoms with Crippen molar-refractivity contribution in [3.8, 4) is 0 Å². The summed E-state index contributed by atoms with van der Waals surface area (Å²) >= 11 is 0.967. The second-order valence-electron chi connectivity index (χ2n) is 4.03. The number of nitrogens with one attached hydrogen (secondary N) is 2. The summed E-state index contributed by atoms with van der Waals surface area (Å²) < 4.78 is 42.4. The van der Waals surface area contributed by atoms with E-state index in [-0.39, 0.29) is 6.54 Å². The number of rotatable bonds is 7. The Balaban J connectivity index is 2.33. The Bertz CT molecular complexity index is 448. The largest absolute Gasteiger partial charge is 0.434 e. The highest BCUT2D eigenvalue weighted by Gasteiger charge is 2.33. The van der Waals surface area contributed by atoms with Crippen LogP contribution in [0.4, 0.5) is 13.2 Å². The molecule has 0 saturated carbocycles. The molecule has 0 saturated heterocycles. The van der Waals surface area contributed by atoms with Crippen LogP contribution in [0.15, 0.2) is 10.4 Å². The van der Waals surface area contributed by atoms with Gasteiger partial charge in [-0.1, -0.05) is 0 Å². The van der Waals surface area contributed by atoms with Crippen molar-refractivity contribution in [3.63, 3.8) is 0 Å². The van der Waals surface area contributed by atoms with Crippen molar-refractivity contribution in [1.29, 1.82) is 0 Å². The lowest BCUT2D eigenvalue weighted by molar-refractivity contribution is -0.140. The van der Waals surface area contributed by atoms with Gasteiger partial charge >= 0.3 is 6.18 Å². The summed E-state index contributed by atoms with van der Waals surface area (Å²) in [5, 5.41) is 7.34. The molecular weight excluding hydrogens is 305 g/mol. The first-order valence-electron chi connectivity index (χ1n) is 6.51. The monoisotopic (exact) mass is 324 g/mol. The molecule has 0 atom stereocenters. The molecule has 0 aliphatic heterocycles. The number of hydrogen-bond donors (Lipinski definition) is 2. The zero-order valence-electron chi connectivity index (χ0n) is 12.0. The fourth-order valence-electron chi connectivity index (χ4n) is 1.43. The lowest BCUT2D eigenvalue weighted by Gasteiger charge is -2.10. The zero-order chi connectivity index (χ0) is 15.7. The van der Waals surface area contributed by atoms with Crippen molar-refractivity contribution in [2.75, 3.05) is 26.8 Å². The third-order valence-corrected chi connectivity index (χ3v) is 3.28. The van der Waals surface area contributed by atoms with Crippen LogP contribution in [-0.2, 0) is 17.5 Å². The summed E-state index contributed by atoms with van der Waals surface area (Å²) in [5.74, 6) is 0.523. The molecule has 120 valence electrons. The van der Waals surface area contributed by atoms with E-state index in [2.05, 4.69) is 20.6 Å². The number of aliphatic imine (C=N–C) groups is 1. The standard InChI is InChI=1S/C12H19F3N4OS/c1-3-20-6-4-5-17-11(16-2)18-7-10-19-9(8-21-10)12(13,14)15/h8H,3-7H2,1-2H3,(H2,16,17,18). The number of halogens is 3. The van der Waals surface area contributed by atoms with Crippen molar-refractivity contribution in [3.05, 3.63) is 16.1 Å². The van der Waals surface area contributed by atoms with Gasteiger partial charge in [0.05, 0.1) is 6.54 Å². The molecule has 1 rings (SSSR count). The third-order valence-electron chi connectivity index (χ3n) is 2.43. The number of nitrogens with zero attached hydrogens (tertiary/aromatic N) is 2. The average molecular weight is 324 g/mol. The quantitative estimate of drug-likeness (QED) is 0.459. The van der Waals surface area contributed by atoms with E-state index < -0.39 is 11.9 Å². The Kier molecular flexibility index (Phi) is 7.44. The SMILES string of the molecule is CCOCCCNC(=NC)NCc1nc(C(F)(F)F)cs1. The van der Waals surface area contributed by atoms with Crippen molar-refractivity contribution < 1.29 is 17.9 Å². The Labute approximate surface area is 125 Å². The highest BCUT2D eigenvalue weighted by atomic mass is 32.1. The van der Waals surface area contributed by atoms with Crippen LogP contribution in [0, 0.1) is 0 Å². The van der Waals surface area contributed by atoms with Gasteiger partial charge in [-0.25, -0.2) is 4.98 Å². The van der Waals surface area contributed by atoms with Gasteiger partial charge in [-0.2, -0.15) is 13.2 Å². The number of guanidine groups is 1. The molecular formula is C12H19F3N4OS. The van der Waals surface area contributed by atoms with Gasteiger partial charge in [-0.3, -0.25) is 4.99 Å². The van der Waals surface area contributed by atoms with E-state index in [0.717, 1.165) is 23.1 Å². The molecule has 1 aromatic rings. The van der Waals surface area contributed by atoms with Crippen molar-refractivity contribution in [2.45, 2.75) is 26.1 Å². The van der Waals surface area contributed by atoms with Crippen LogP contribution < -0.4 is 10.6 Å². The maximum absolute atomic E-state index is 12.4. The molecule has 1 aromatic heterocycles. The van der Waals surface area contributed by atoms with Crippen LogP contribution in [0.2, 0.25) is 0 Å². The second-order valence-corrected chi connectivity index (χ2v) is 4.97. The minimum atomic E-state index is -4.39. The van der Waals surface area contributed by atoms with Gasteiger partial charge in [0, 0.05) is 32.2 Å². The average Bonchev–Trinajstić information content (AvgIpc) is 2.91. The van der Waals surface area contributed by atoms with Gasteiger partial charge in [0.1, 0.15) is 5.01 Å². The van der Waals surface area contributed by atoms with Crippen LogP contribution in [0.25, 0.3) is 0 Å². The minimum Gasteiger partial charge on any atom is -0.382 e. The number of hydrogen-bond acceptors (Lipinski definition) is 4. The third kappa shape index (κ3) is 6.76. The molecule has 0 aromatic carbocycles. The van der Waals surface area contributed by atoms with Crippen molar-refractivity contribution in [1.82, 2.24) is 15.6 Å². The first-order valence-corrected chi connectivity index (χ1v) is 7.39. The van der Waals surface area contributed by atoms with Gasteiger partial charge < -0.3 is 15.4 Å².